The molecule has 0 saturated heterocycles. The number of thiophene rings is 1. The summed E-state index contributed by atoms with van der Waals surface area (Å²) in [6.07, 6.45) is 2.15. The molecule has 3 aromatic rings. The van der Waals surface area contributed by atoms with Crippen LogP contribution < -0.4 is 15.6 Å². The average Bonchev–Trinajstić information content (AvgIpc) is 2.99. The molecule has 6 nitrogen and oxygen atoms in total. The van der Waals surface area contributed by atoms with Crippen molar-refractivity contribution in [2.75, 3.05) is 6.61 Å². The summed E-state index contributed by atoms with van der Waals surface area (Å²) in [7, 11) is 0. The number of rotatable bonds is 3. The molecule has 0 unspecified atom stereocenters. The number of amides is 1. The van der Waals surface area contributed by atoms with Gasteiger partial charge in [0.2, 0.25) is 5.91 Å². The molecular weight excluding hydrogens is 338 g/mol. The number of benzene rings is 1. The molecule has 2 aromatic heterocycles. The van der Waals surface area contributed by atoms with Crippen molar-refractivity contribution in [3.63, 3.8) is 0 Å². The zero-order chi connectivity index (χ0) is 17.4. The maximum atomic E-state index is 12.5. The third-order valence-corrected chi connectivity index (χ3v) is 5.41. The molecule has 1 N–H and O–H groups in total. The van der Waals surface area contributed by atoms with E-state index in [1.807, 2.05) is 36.6 Å². The molecule has 0 saturated carbocycles. The second kappa shape index (κ2) is 6.33. The van der Waals surface area contributed by atoms with Crippen LogP contribution in [0.4, 0.5) is 0 Å². The molecule has 1 aliphatic heterocycles. The Bertz CT molecular complexity index is 1010. The number of para-hydroxylation sites is 1. The zero-order valence-corrected chi connectivity index (χ0v) is 14.5. The fraction of sp³-hybridized carbons (Fsp3) is 0.278. The molecular formula is C18H17N3O3S. The summed E-state index contributed by atoms with van der Waals surface area (Å²) in [4.78, 5) is 29.3. The first-order chi connectivity index (χ1) is 12.1. The Kier molecular flexibility index (Phi) is 4.01. The third kappa shape index (κ3) is 2.91. The SMILES string of the molecule is Cc1csc2c(=O)n(CC(=O)N[C@H]3CCOc4ccccc43)cnc12. The predicted molar refractivity (Wildman–Crippen MR) is 96.1 cm³/mol. The van der Waals surface area contributed by atoms with Crippen molar-refractivity contribution in [3.05, 3.63) is 57.5 Å². The standard InChI is InChI=1S/C18H17N3O3S/c1-11-9-25-17-16(11)19-10-21(18(17)23)8-15(22)20-13-6-7-24-14-5-3-2-4-12(13)14/h2-5,9-10,13H,6-8H2,1H3,(H,20,22)/t13-/m0/s1. The van der Waals surface area contributed by atoms with Crippen molar-refractivity contribution in [1.82, 2.24) is 14.9 Å². The minimum Gasteiger partial charge on any atom is -0.493 e. The highest BCUT2D eigenvalue weighted by Crippen LogP contribution is 2.31. The molecule has 1 atom stereocenters. The Morgan fingerprint density at radius 1 is 1.44 bits per heavy atom. The van der Waals surface area contributed by atoms with Gasteiger partial charge in [0.15, 0.2) is 0 Å². The van der Waals surface area contributed by atoms with E-state index in [4.69, 9.17) is 4.74 Å². The summed E-state index contributed by atoms with van der Waals surface area (Å²) in [5.74, 6) is 0.589. The highest BCUT2D eigenvalue weighted by molar-refractivity contribution is 7.17. The molecule has 0 radical (unpaired) electrons. The molecule has 128 valence electrons. The van der Waals surface area contributed by atoms with Crippen molar-refractivity contribution in [2.24, 2.45) is 0 Å². The second-order valence-electron chi connectivity index (χ2n) is 6.07. The molecule has 4 rings (SSSR count). The monoisotopic (exact) mass is 355 g/mol. The Balaban J connectivity index is 1.54. The van der Waals surface area contributed by atoms with Crippen LogP contribution in [0.25, 0.3) is 10.2 Å². The number of hydrogen-bond acceptors (Lipinski definition) is 5. The van der Waals surface area contributed by atoms with Crippen molar-refractivity contribution < 1.29 is 9.53 Å². The number of aryl methyl sites for hydroxylation is 1. The molecule has 0 fully saturated rings. The van der Waals surface area contributed by atoms with Gasteiger partial charge in [-0.1, -0.05) is 18.2 Å². The van der Waals surface area contributed by atoms with Crippen LogP contribution in [-0.2, 0) is 11.3 Å². The number of fused-ring (bicyclic) bond motifs is 2. The van der Waals surface area contributed by atoms with Gasteiger partial charge >= 0.3 is 0 Å². The predicted octanol–water partition coefficient (Wildman–Crippen LogP) is 2.41. The van der Waals surface area contributed by atoms with Gasteiger partial charge in [0.25, 0.3) is 5.56 Å². The van der Waals surface area contributed by atoms with E-state index >= 15 is 0 Å². The summed E-state index contributed by atoms with van der Waals surface area (Å²) in [5.41, 5.74) is 2.49. The Hall–Kier alpha value is -2.67. The summed E-state index contributed by atoms with van der Waals surface area (Å²) >= 11 is 1.36. The first kappa shape index (κ1) is 15.8. The summed E-state index contributed by atoms with van der Waals surface area (Å²) in [6.45, 7) is 2.44. The number of aromatic nitrogens is 2. The van der Waals surface area contributed by atoms with E-state index < -0.39 is 0 Å². The van der Waals surface area contributed by atoms with Crippen molar-refractivity contribution in [2.45, 2.75) is 25.9 Å². The first-order valence-corrected chi connectivity index (χ1v) is 8.96. The van der Waals surface area contributed by atoms with E-state index in [1.54, 1.807) is 0 Å². The van der Waals surface area contributed by atoms with Gasteiger partial charge in [0.05, 0.1) is 24.5 Å². The van der Waals surface area contributed by atoms with E-state index in [0.29, 0.717) is 23.2 Å². The van der Waals surface area contributed by atoms with E-state index in [1.165, 1.54) is 22.2 Å². The van der Waals surface area contributed by atoms with Gasteiger partial charge in [-0.25, -0.2) is 4.98 Å². The Morgan fingerprint density at radius 3 is 3.16 bits per heavy atom. The quantitative estimate of drug-likeness (QED) is 0.783. The lowest BCUT2D eigenvalue weighted by molar-refractivity contribution is -0.122. The fourth-order valence-electron chi connectivity index (χ4n) is 3.06. The van der Waals surface area contributed by atoms with Crippen LogP contribution in [0, 0.1) is 6.92 Å². The van der Waals surface area contributed by atoms with Gasteiger partial charge in [0, 0.05) is 12.0 Å². The molecule has 0 aliphatic carbocycles. The average molecular weight is 355 g/mol. The smallest absolute Gasteiger partial charge is 0.271 e. The van der Waals surface area contributed by atoms with Crippen LogP contribution in [0.15, 0.2) is 40.8 Å². The largest absolute Gasteiger partial charge is 0.493 e. The van der Waals surface area contributed by atoms with Crippen LogP contribution in [-0.4, -0.2) is 22.1 Å². The number of carbonyl (C=O) groups excluding carboxylic acids is 1. The molecule has 0 bridgehead atoms. The molecule has 7 heteroatoms. The normalized spacial score (nSPS) is 16.3. The van der Waals surface area contributed by atoms with Crippen LogP contribution in [0.2, 0.25) is 0 Å². The summed E-state index contributed by atoms with van der Waals surface area (Å²) in [5, 5.41) is 4.91. The lowest BCUT2D eigenvalue weighted by Crippen LogP contribution is -2.36. The van der Waals surface area contributed by atoms with Crippen molar-refractivity contribution in [3.8, 4) is 5.75 Å². The second-order valence-corrected chi connectivity index (χ2v) is 6.95. The molecule has 1 aliphatic rings. The van der Waals surface area contributed by atoms with Crippen molar-refractivity contribution >= 4 is 27.5 Å². The minimum absolute atomic E-state index is 0.0434. The number of nitrogens with one attached hydrogen (secondary N) is 1. The summed E-state index contributed by atoms with van der Waals surface area (Å²) in [6, 6.07) is 7.58. The van der Waals surface area contributed by atoms with Gasteiger partial charge in [-0.3, -0.25) is 14.2 Å². The molecule has 1 aromatic carbocycles. The third-order valence-electron chi connectivity index (χ3n) is 4.33. The number of nitrogens with zero attached hydrogens (tertiary/aromatic N) is 2. The van der Waals surface area contributed by atoms with Crippen LogP contribution >= 0.6 is 11.3 Å². The van der Waals surface area contributed by atoms with E-state index in [9.17, 15) is 9.59 Å². The number of hydrogen-bond donors (Lipinski definition) is 1. The maximum Gasteiger partial charge on any atom is 0.271 e. The zero-order valence-electron chi connectivity index (χ0n) is 13.7. The van der Waals surface area contributed by atoms with Crippen LogP contribution in [0.5, 0.6) is 5.75 Å². The van der Waals surface area contributed by atoms with E-state index in [-0.39, 0.29) is 24.1 Å². The topological polar surface area (TPSA) is 73.2 Å². The number of carbonyl (C=O) groups is 1. The van der Waals surface area contributed by atoms with E-state index in [2.05, 4.69) is 10.3 Å². The molecule has 3 heterocycles. The Labute approximate surface area is 148 Å². The summed E-state index contributed by atoms with van der Waals surface area (Å²) < 4.78 is 7.56. The van der Waals surface area contributed by atoms with Gasteiger partial charge in [0.1, 0.15) is 17.0 Å². The molecule has 0 spiro atoms. The maximum absolute atomic E-state index is 12.5. The van der Waals surface area contributed by atoms with E-state index in [0.717, 1.165) is 16.9 Å². The molecule has 1 amide bonds. The lowest BCUT2D eigenvalue weighted by atomic mass is 10.0. The van der Waals surface area contributed by atoms with Gasteiger partial charge < -0.3 is 10.1 Å². The van der Waals surface area contributed by atoms with Crippen LogP contribution in [0.1, 0.15) is 23.6 Å². The fourth-order valence-corrected chi connectivity index (χ4v) is 4.01. The highest BCUT2D eigenvalue weighted by atomic mass is 32.1. The minimum atomic E-state index is -0.210. The van der Waals surface area contributed by atoms with Gasteiger partial charge in [-0.05, 0) is 23.9 Å². The lowest BCUT2D eigenvalue weighted by Gasteiger charge is -2.26. The first-order valence-electron chi connectivity index (χ1n) is 8.08. The van der Waals surface area contributed by atoms with Crippen LogP contribution in [0.3, 0.4) is 0 Å². The van der Waals surface area contributed by atoms with Gasteiger partial charge in [-0.15, -0.1) is 11.3 Å². The molecule has 25 heavy (non-hydrogen) atoms. The highest BCUT2D eigenvalue weighted by Gasteiger charge is 2.23. The van der Waals surface area contributed by atoms with Crippen molar-refractivity contribution in [1.29, 1.82) is 0 Å². The number of ether oxygens (including phenoxy) is 1. The Morgan fingerprint density at radius 2 is 2.28 bits per heavy atom. The van der Waals surface area contributed by atoms with Gasteiger partial charge in [-0.2, -0.15) is 0 Å².